The van der Waals surface area contributed by atoms with Crippen molar-refractivity contribution in [2.45, 2.75) is 38.1 Å². The lowest BCUT2D eigenvalue weighted by molar-refractivity contribution is -0.133. The molecular formula is C23H27N3O8. The molecule has 2 aromatic carbocycles. The summed E-state index contributed by atoms with van der Waals surface area (Å²) in [6.07, 6.45) is -2.41. The first kappa shape index (κ1) is 26.6. The average Bonchev–Trinajstić information content (AvgIpc) is 2.84. The van der Waals surface area contributed by atoms with Crippen molar-refractivity contribution in [3.63, 3.8) is 0 Å². The Morgan fingerprint density at radius 2 is 1.12 bits per heavy atom. The van der Waals surface area contributed by atoms with Crippen molar-refractivity contribution < 1.29 is 39.7 Å². The molecule has 0 spiro atoms. The van der Waals surface area contributed by atoms with Crippen molar-refractivity contribution in [1.29, 1.82) is 0 Å². The van der Waals surface area contributed by atoms with Crippen molar-refractivity contribution in [2.75, 3.05) is 6.61 Å². The minimum atomic E-state index is -1.34. The summed E-state index contributed by atoms with van der Waals surface area (Å²) in [7, 11) is 0. The van der Waals surface area contributed by atoms with Gasteiger partial charge < -0.3 is 26.0 Å². The zero-order valence-electron chi connectivity index (χ0n) is 18.6. The summed E-state index contributed by atoms with van der Waals surface area (Å²) in [5.74, 6) is -2.88. The highest BCUT2D eigenvalue weighted by Gasteiger charge is 2.26. The molecule has 0 fully saturated rings. The van der Waals surface area contributed by atoms with E-state index in [2.05, 4.69) is 10.6 Å². The minimum Gasteiger partial charge on any atom is -0.391 e. The number of hydrogen-bond donors (Lipinski definition) is 7. The summed E-state index contributed by atoms with van der Waals surface area (Å²) in [6, 6.07) is 10.1. The number of amides is 3. The molecule has 0 saturated carbocycles. The molecule has 11 heteroatoms. The summed E-state index contributed by atoms with van der Waals surface area (Å²) in [4.78, 5) is 48.0. The Hall–Kier alpha value is -3.64. The number of rotatable bonds is 10. The molecule has 0 aliphatic carbocycles. The van der Waals surface area contributed by atoms with E-state index in [1.165, 1.54) is 43.6 Å². The monoisotopic (exact) mass is 473 g/mol. The third kappa shape index (κ3) is 6.68. The predicted molar refractivity (Wildman–Crippen MR) is 120 cm³/mol. The lowest BCUT2D eigenvalue weighted by Crippen LogP contribution is -2.51. The largest absolute Gasteiger partial charge is 0.391 e. The van der Waals surface area contributed by atoms with Crippen LogP contribution in [0.25, 0.3) is 11.1 Å². The maximum atomic E-state index is 12.4. The van der Waals surface area contributed by atoms with Gasteiger partial charge in [0.1, 0.15) is 18.7 Å². The number of Topliss-reactive ketones (excluding diaryl/α,β-unsaturated/α-hetero) is 1. The summed E-state index contributed by atoms with van der Waals surface area (Å²) in [5.41, 5.74) is 3.29. The van der Waals surface area contributed by atoms with Crippen LogP contribution in [0.4, 0.5) is 0 Å². The molecule has 182 valence electrons. The SMILES string of the molecule is C[C@@H](O)[C@H](NC(=O)c1ccc(-c2ccc(C(=O)N[C@@H](C(=O)NO)[C@@H](C)O)cc2)cc1)C(=O)CO. The van der Waals surface area contributed by atoms with Gasteiger partial charge in [0, 0.05) is 11.1 Å². The van der Waals surface area contributed by atoms with Crippen LogP contribution in [0.3, 0.4) is 0 Å². The molecular weight excluding hydrogens is 446 g/mol. The van der Waals surface area contributed by atoms with Crippen LogP contribution in [0.1, 0.15) is 34.6 Å². The third-order valence-electron chi connectivity index (χ3n) is 5.06. The first-order valence-electron chi connectivity index (χ1n) is 10.3. The van der Waals surface area contributed by atoms with Crippen LogP contribution in [0.15, 0.2) is 48.5 Å². The Balaban J connectivity index is 2.10. The molecule has 0 radical (unpaired) electrons. The number of ketones is 1. The van der Waals surface area contributed by atoms with Crippen molar-refractivity contribution >= 4 is 23.5 Å². The Morgan fingerprint density at radius 3 is 1.44 bits per heavy atom. The lowest BCUT2D eigenvalue weighted by Gasteiger charge is -2.19. The van der Waals surface area contributed by atoms with E-state index in [-0.39, 0.29) is 11.1 Å². The molecule has 0 heterocycles. The van der Waals surface area contributed by atoms with E-state index >= 15 is 0 Å². The molecule has 0 saturated heterocycles. The topological polar surface area (TPSA) is 185 Å². The Kier molecular flexibility index (Phi) is 9.39. The van der Waals surface area contributed by atoms with Gasteiger partial charge in [0.2, 0.25) is 0 Å². The molecule has 3 amide bonds. The minimum absolute atomic E-state index is 0.217. The number of aliphatic hydroxyl groups excluding tert-OH is 3. The quantitative estimate of drug-likeness (QED) is 0.176. The molecule has 0 aliphatic heterocycles. The van der Waals surface area contributed by atoms with Gasteiger partial charge in [0.15, 0.2) is 5.78 Å². The van der Waals surface area contributed by atoms with Crippen LogP contribution in [-0.4, -0.2) is 74.9 Å². The second kappa shape index (κ2) is 12.0. The fourth-order valence-corrected chi connectivity index (χ4v) is 3.12. The number of hydroxylamine groups is 1. The Morgan fingerprint density at radius 1 is 0.735 bits per heavy atom. The van der Waals surface area contributed by atoms with E-state index < -0.39 is 54.4 Å². The summed E-state index contributed by atoms with van der Waals surface area (Å²) >= 11 is 0. The number of carbonyl (C=O) groups is 4. The number of nitrogens with one attached hydrogen (secondary N) is 3. The standard InChI is InChI=1S/C23H27N3O8/c1-12(28)19(18(30)11-27)24-21(31)16-7-3-14(4-8-16)15-5-9-17(10-6-15)22(32)25-20(13(2)29)23(33)26-34/h3-10,12-13,19-20,27-29,34H,11H2,1-2H3,(H,24,31)(H,25,32)(H,26,33)/t12-,13-,19+,20-/m1/s1. The van der Waals surface area contributed by atoms with Gasteiger partial charge in [-0.1, -0.05) is 24.3 Å². The molecule has 11 nitrogen and oxygen atoms in total. The van der Waals surface area contributed by atoms with Crippen molar-refractivity contribution in [1.82, 2.24) is 16.1 Å². The zero-order chi connectivity index (χ0) is 25.4. The second-order valence-electron chi connectivity index (χ2n) is 7.64. The highest BCUT2D eigenvalue weighted by atomic mass is 16.5. The molecule has 7 N–H and O–H groups in total. The van der Waals surface area contributed by atoms with Gasteiger partial charge in [0.05, 0.1) is 12.2 Å². The van der Waals surface area contributed by atoms with Crippen LogP contribution in [0.2, 0.25) is 0 Å². The molecule has 0 aliphatic rings. The van der Waals surface area contributed by atoms with Gasteiger partial charge in [-0.25, -0.2) is 5.48 Å². The van der Waals surface area contributed by atoms with Crippen LogP contribution in [0, 0.1) is 0 Å². The van der Waals surface area contributed by atoms with Gasteiger partial charge in [-0.15, -0.1) is 0 Å². The number of aliphatic hydroxyl groups is 3. The number of carbonyl (C=O) groups excluding carboxylic acids is 4. The highest BCUT2D eigenvalue weighted by Crippen LogP contribution is 2.21. The second-order valence-corrected chi connectivity index (χ2v) is 7.64. The van der Waals surface area contributed by atoms with E-state index in [9.17, 15) is 29.4 Å². The van der Waals surface area contributed by atoms with Crippen molar-refractivity contribution in [3.8, 4) is 11.1 Å². The van der Waals surface area contributed by atoms with Crippen LogP contribution in [0.5, 0.6) is 0 Å². The van der Waals surface area contributed by atoms with E-state index in [0.29, 0.717) is 0 Å². The van der Waals surface area contributed by atoms with Gasteiger partial charge >= 0.3 is 0 Å². The van der Waals surface area contributed by atoms with Crippen LogP contribution < -0.4 is 16.1 Å². The molecule has 2 rings (SSSR count). The molecule has 34 heavy (non-hydrogen) atoms. The van der Waals surface area contributed by atoms with Crippen LogP contribution >= 0.6 is 0 Å². The summed E-state index contributed by atoms with van der Waals surface area (Å²) in [6.45, 7) is 1.82. The number of hydrogen-bond acceptors (Lipinski definition) is 8. The zero-order valence-corrected chi connectivity index (χ0v) is 18.6. The Labute approximate surface area is 195 Å². The van der Waals surface area contributed by atoms with Crippen LogP contribution in [-0.2, 0) is 9.59 Å². The summed E-state index contributed by atoms with van der Waals surface area (Å²) in [5, 5.41) is 41.7. The van der Waals surface area contributed by atoms with Gasteiger partial charge in [-0.05, 0) is 49.2 Å². The average molecular weight is 473 g/mol. The first-order valence-corrected chi connectivity index (χ1v) is 10.3. The van der Waals surface area contributed by atoms with Gasteiger partial charge in [-0.2, -0.15) is 0 Å². The van der Waals surface area contributed by atoms with Gasteiger partial charge in [-0.3, -0.25) is 24.4 Å². The lowest BCUT2D eigenvalue weighted by atomic mass is 10.0. The molecule has 0 unspecified atom stereocenters. The van der Waals surface area contributed by atoms with E-state index in [0.717, 1.165) is 11.1 Å². The van der Waals surface area contributed by atoms with Crippen molar-refractivity contribution in [2.24, 2.45) is 0 Å². The predicted octanol–water partition coefficient (Wildman–Crippen LogP) is -0.621. The smallest absolute Gasteiger partial charge is 0.268 e. The maximum absolute atomic E-state index is 12.4. The highest BCUT2D eigenvalue weighted by molar-refractivity contribution is 5.99. The van der Waals surface area contributed by atoms with E-state index in [4.69, 9.17) is 10.3 Å². The molecule has 0 bridgehead atoms. The first-order chi connectivity index (χ1) is 16.1. The third-order valence-corrected chi connectivity index (χ3v) is 5.06. The molecule has 2 aromatic rings. The Bertz CT molecular complexity index is 936. The fourth-order valence-electron chi connectivity index (χ4n) is 3.12. The fraction of sp³-hybridized carbons (Fsp3) is 0.304. The van der Waals surface area contributed by atoms with Crippen molar-refractivity contribution in [3.05, 3.63) is 59.7 Å². The number of benzene rings is 2. The van der Waals surface area contributed by atoms with Gasteiger partial charge in [0.25, 0.3) is 17.7 Å². The normalized spacial score (nSPS) is 14.3. The summed E-state index contributed by atoms with van der Waals surface area (Å²) < 4.78 is 0. The molecule has 0 aromatic heterocycles. The maximum Gasteiger partial charge on any atom is 0.268 e. The molecule has 4 atom stereocenters. The van der Waals surface area contributed by atoms with E-state index in [1.54, 1.807) is 24.3 Å². The van der Waals surface area contributed by atoms with E-state index in [1.807, 2.05) is 0 Å².